The maximum absolute atomic E-state index is 13.9. The maximum atomic E-state index is 13.9. The molecule has 4 rings (SSSR count). The molecule has 2 aliphatic heterocycles. The lowest BCUT2D eigenvalue weighted by Gasteiger charge is -2.33. The monoisotopic (exact) mass is 517 g/mol. The van der Waals surface area contributed by atoms with Gasteiger partial charge in [-0.3, -0.25) is 4.99 Å². The first-order valence-corrected chi connectivity index (χ1v) is 10.7. The SMILES string of the molecule is CCNC(=NCCc1cc(F)cc2c1OCOC2)N1CCC2(CCCCC2)C1.I. The van der Waals surface area contributed by atoms with Crippen molar-refractivity contribution in [1.29, 1.82) is 0 Å². The lowest BCUT2D eigenvalue weighted by molar-refractivity contribution is -0.0172. The molecule has 0 aromatic heterocycles. The first-order chi connectivity index (χ1) is 13.7. The van der Waals surface area contributed by atoms with Crippen LogP contribution in [0.15, 0.2) is 17.1 Å². The fourth-order valence-corrected chi connectivity index (χ4v) is 4.98. The van der Waals surface area contributed by atoms with E-state index in [1.54, 1.807) is 6.07 Å². The van der Waals surface area contributed by atoms with E-state index < -0.39 is 0 Å². The predicted octanol–water partition coefficient (Wildman–Crippen LogP) is 4.47. The van der Waals surface area contributed by atoms with Crippen molar-refractivity contribution in [2.24, 2.45) is 10.4 Å². The van der Waals surface area contributed by atoms with Crippen LogP contribution < -0.4 is 10.1 Å². The zero-order chi connectivity index (χ0) is 19.4. The van der Waals surface area contributed by atoms with Crippen molar-refractivity contribution in [1.82, 2.24) is 10.2 Å². The van der Waals surface area contributed by atoms with Gasteiger partial charge in [0.2, 0.25) is 0 Å². The molecule has 2 fully saturated rings. The van der Waals surface area contributed by atoms with Gasteiger partial charge >= 0.3 is 0 Å². The molecule has 3 aliphatic rings. The average molecular weight is 517 g/mol. The number of benzene rings is 1. The molecule has 162 valence electrons. The van der Waals surface area contributed by atoms with E-state index in [-0.39, 0.29) is 36.6 Å². The summed E-state index contributed by atoms with van der Waals surface area (Å²) in [5.41, 5.74) is 2.17. The van der Waals surface area contributed by atoms with Gasteiger partial charge in [0.05, 0.1) is 6.61 Å². The summed E-state index contributed by atoms with van der Waals surface area (Å²) in [6.45, 7) is 6.43. The molecule has 1 aliphatic carbocycles. The van der Waals surface area contributed by atoms with Gasteiger partial charge in [0.1, 0.15) is 11.6 Å². The molecule has 1 saturated carbocycles. The molecule has 0 bridgehead atoms. The fourth-order valence-electron chi connectivity index (χ4n) is 4.98. The molecule has 0 unspecified atom stereocenters. The number of aliphatic imine (C=N–C) groups is 1. The van der Waals surface area contributed by atoms with Gasteiger partial charge in [0.15, 0.2) is 12.8 Å². The Morgan fingerprint density at radius 1 is 1.24 bits per heavy atom. The van der Waals surface area contributed by atoms with Crippen LogP contribution in [0.1, 0.15) is 56.6 Å². The summed E-state index contributed by atoms with van der Waals surface area (Å²) in [6.07, 6.45) is 8.79. The minimum absolute atomic E-state index is 0. The fraction of sp³-hybridized carbons (Fsp3) is 0.682. The summed E-state index contributed by atoms with van der Waals surface area (Å²) in [7, 11) is 0. The minimum atomic E-state index is -0.238. The van der Waals surface area contributed by atoms with Gasteiger partial charge < -0.3 is 19.7 Å². The average Bonchev–Trinajstić information content (AvgIpc) is 3.10. The van der Waals surface area contributed by atoms with Gasteiger partial charge in [-0.2, -0.15) is 0 Å². The van der Waals surface area contributed by atoms with Crippen molar-refractivity contribution in [3.63, 3.8) is 0 Å². The number of rotatable bonds is 4. The van der Waals surface area contributed by atoms with Crippen LogP contribution in [-0.2, 0) is 17.8 Å². The Balaban J connectivity index is 0.00000240. The first-order valence-electron chi connectivity index (χ1n) is 10.7. The van der Waals surface area contributed by atoms with Crippen LogP contribution in [-0.4, -0.2) is 43.8 Å². The normalized spacial score (nSPS) is 20.8. The molecule has 0 atom stereocenters. The number of hydrogen-bond acceptors (Lipinski definition) is 3. The van der Waals surface area contributed by atoms with Gasteiger partial charge in [-0.1, -0.05) is 19.3 Å². The number of hydrogen-bond donors (Lipinski definition) is 1. The highest BCUT2D eigenvalue weighted by atomic mass is 127. The standard InChI is InChI=1S/C22H32FN3O2.HI/c1-2-24-21(26-11-9-22(15-26)7-4-3-5-8-22)25-10-6-17-12-19(23)13-18-14-27-16-28-20(17)18;/h12-13H,2-11,14-16H2,1H3,(H,24,25);1H. The molecule has 5 nitrogen and oxygen atoms in total. The van der Waals surface area contributed by atoms with Crippen molar-refractivity contribution >= 4 is 29.9 Å². The lowest BCUT2D eigenvalue weighted by atomic mass is 9.73. The molecule has 0 radical (unpaired) electrons. The Labute approximate surface area is 190 Å². The van der Waals surface area contributed by atoms with Crippen molar-refractivity contribution < 1.29 is 13.9 Å². The Morgan fingerprint density at radius 3 is 2.86 bits per heavy atom. The topological polar surface area (TPSA) is 46.1 Å². The van der Waals surface area contributed by atoms with Crippen LogP contribution in [0.4, 0.5) is 4.39 Å². The second-order valence-electron chi connectivity index (χ2n) is 8.38. The number of nitrogens with zero attached hydrogens (tertiary/aromatic N) is 2. The molecule has 1 spiro atoms. The van der Waals surface area contributed by atoms with Crippen LogP contribution >= 0.6 is 24.0 Å². The first kappa shape index (κ1) is 22.6. The molecule has 0 amide bonds. The van der Waals surface area contributed by atoms with Crippen molar-refractivity contribution in [3.05, 3.63) is 29.1 Å². The molecule has 7 heteroatoms. The molecule has 1 aromatic carbocycles. The summed E-state index contributed by atoms with van der Waals surface area (Å²) in [4.78, 5) is 7.30. The summed E-state index contributed by atoms with van der Waals surface area (Å²) in [5, 5.41) is 3.46. The smallest absolute Gasteiger partial charge is 0.193 e. The molecule has 1 saturated heterocycles. The summed E-state index contributed by atoms with van der Waals surface area (Å²) in [5.74, 6) is 1.53. The van der Waals surface area contributed by atoms with Crippen LogP contribution in [0, 0.1) is 11.2 Å². The predicted molar refractivity (Wildman–Crippen MR) is 123 cm³/mol. The maximum Gasteiger partial charge on any atom is 0.193 e. The Hall–Kier alpha value is -1.09. The lowest BCUT2D eigenvalue weighted by Crippen LogP contribution is -2.41. The third-order valence-electron chi connectivity index (χ3n) is 6.38. The summed E-state index contributed by atoms with van der Waals surface area (Å²) < 4.78 is 24.8. The number of halogens is 2. The van der Waals surface area contributed by atoms with Crippen molar-refractivity contribution in [3.8, 4) is 5.75 Å². The van der Waals surface area contributed by atoms with Gasteiger partial charge in [-0.15, -0.1) is 24.0 Å². The molecular weight excluding hydrogens is 484 g/mol. The minimum Gasteiger partial charge on any atom is -0.467 e. The number of guanidine groups is 1. The van der Waals surface area contributed by atoms with E-state index in [2.05, 4.69) is 17.1 Å². The third kappa shape index (κ3) is 5.34. The number of likely N-dealkylation sites (tertiary alicyclic amines) is 1. The highest BCUT2D eigenvalue weighted by molar-refractivity contribution is 14.0. The van der Waals surface area contributed by atoms with Gasteiger partial charge in [0.25, 0.3) is 0 Å². The van der Waals surface area contributed by atoms with E-state index in [4.69, 9.17) is 14.5 Å². The zero-order valence-electron chi connectivity index (χ0n) is 17.3. The molecular formula is C22H33FIN3O2. The van der Waals surface area contributed by atoms with Gasteiger partial charge in [-0.05, 0) is 55.7 Å². The number of ether oxygens (including phenoxy) is 2. The molecule has 29 heavy (non-hydrogen) atoms. The molecule has 2 heterocycles. The van der Waals surface area contributed by atoms with E-state index in [9.17, 15) is 4.39 Å². The van der Waals surface area contributed by atoms with E-state index in [0.717, 1.165) is 42.5 Å². The summed E-state index contributed by atoms with van der Waals surface area (Å²) >= 11 is 0. The van der Waals surface area contributed by atoms with Gasteiger partial charge in [-0.25, -0.2) is 4.39 Å². The highest BCUT2D eigenvalue weighted by Gasteiger charge is 2.39. The van der Waals surface area contributed by atoms with E-state index in [1.807, 2.05) is 0 Å². The second-order valence-corrected chi connectivity index (χ2v) is 8.38. The van der Waals surface area contributed by atoms with Crippen molar-refractivity contribution in [2.45, 2.75) is 58.5 Å². The highest BCUT2D eigenvalue weighted by Crippen LogP contribution is 2.43. The largest absolute Gasteiger partial charge is 0.467 e. The number of fused-ring (bicyclic) bond motifs is 1. The van der Waals surface area contributed by atoms with Crippen molar-refractivity contribution in [2.75, 3.05) is 33.0 Å². The van der Waals surface area contributed by atoms with E-state index in [0.29, 0.717) is 25.0 Å². The Morgan fingerprint density at radius 2 is 2.07 bits per heavy atom. The van der Waals surface area contributed by atoms with Crippen LogP contribution in [0.2, 0.25) is 0 Å². The van der Waals surface area contributed by atoms with Crippen LogP contribution in [0.25, 0.3) is 0 Å². The van der Waals surface area contributed by atoms with Crippen LogP contribution in [0.3, 0.4) is 0 Å². The number of nitrogens with one attached hydrogen (secondary N) is 1. The quantitative estimate of drug-likeness (QED) is 0.364. The molecule has 1 aromatic rings. The van der Waals surface area contributed by atoms with Gasteiger partial charge in [0, 0.05) is 31.7 Å². The third-order valence-corrected chi connectivity index (χ3v) is 6.38. The molecule has 1 N–H and O–H groups in total. The van der Waals surface area contributed by atoms with E-state index in [1.165, 1.54) is 44.6 Å². The second kappa shape index (κ2) is 10.3. The van der Waals surface area contributed by atoms with Crippen LogP contribution in [0.5, 0.6) is 5.75 Å². The Kier molecular flexibility index (Phi) is 8.01. The summed E-state index contributed by atoms with van der Waals surface area (Å²) in [6, 6.07) is 3.07. The van der Waals surface area contributed by atoms with E-state index >= 15 is 0 Å². The zero-order valence-corrected chi connectivity index (χ0v) is 19.7. The Bertz CT molecular complexity index is 722.